The van der Waals surface area contributed by atoms with Gasteiger partial charge in [0.2, 0.25) is 5.91 Å². The van der Waals surface area contributed by atoms with E-state index in [1.54, 1.807) is 16.8 Å². The zero-order valence-electron chi connectivity index (χ0n) is 14.9. The summed E-state index contributed by atoms with van der Waals surface area (Å²) in [5, 5.41) is 0. The maximum Gasteiger partial charge on any atom is 0.320 e. The van der Waals surface area contributed by atoms with E-state index in [0.717, 1.165) is 24.8 Å². The van der Waals surface area contributed by atoms with Crippen LogP contribution in [0.5, 0.6) is 0 Å². The summed E-state index contributed by atoms with van der Waals surface area (Å²) in [6, 6.07) is 9.53. The summed E-state index contributed by atoms with van der Waals surface area (Å²) in [6.07, 6.45) is 2.70. The first-order chi connectivity index (χ1) is 12.2. The van der Waals surface area contributed by atoms with Gasteiger partial charge in [0.25, 0.3) is 0 Å². The van der Waals surface area contributed by atoms with Crippen molar-refractivity contribution in [1.82, 2.24) is 14.7 Å². The number of nitrogens with zero attached hydrogens (tertiary/aromatic N) is 3. The Balaban J connectivity index is 1.66. The first kappa shape index (κ1) is 17.7. The van der Waals surface area contributed by atoms with E-state index >= 15 is 0 Å². The van der Waals surface area contributed by atoms with Crippen LogP contribution in [-0.4, -0.2) is 72.6 Å². The van der Waals surface area contributed by atoms with E-state index < -0.39 is 0 Å². The molecule has 2 saturated heterocycles. The molecule has 2 aliphatic rings. The minimum atomic E-state index is -0.336. The van der Waals surface area contributed by atoms with Gasteiger partial charge in [0.15, 0.2) is 0 Å². The lowest BCUT2D eigenvalue weighted by molar-refractivity contribution is -0.141. The molecule has 2 heterocycles. The van der Waals surface area contributed by atoms with Crippen LogP contribution in [0.3, 0.4) is 0 Å². The van der Waals surface area contributed by atoms with Gasteiger partial charge in [-0.25, -0.2) is 4.79 Å². The van der Waals surface area contributed by atoms with Gasteiger partial charge < -0.3 is 19.4 Å². The molecule has 6 nitrogen and oxygen atoms in total. The molecule has 136 valence electrons. The van der Waals surface area contributed by atoms with Gasteiger partial charge in [-0.2, -0.15) is 0 Å². The minimum absolute atomic E-state index is 0.0600. The summed E-state index contributed by atoms with van der Waals surface area (Å²) in [5.74, 6) is 0.0736. The van der Waals surface area contributed by atoms with Crippen LogP contribution >= 0.6 is 0 Å². The molecule has 3 rings (SSSR count). The highest BCUT2D eigenvalue weighted by Gasteiger charge is 2.36. The van der Waals surface area contributed by atoms with E-state index in [1.165, 1.54) is 0 Å². The van der Waals surface area contributed by atoms with Crippen molar-refractivity contribution in [1.29, 1.82) is 0 Å². The van der Waals surface area contributed by atoms with E-state index in [1.807, 2.05) is 35.2 Å². The first-order valence-electron chi connectivity index (χ1n) is 9.09. The van der Waals surface area contributed by atoms with Crippen LogP contribution in [-0.2, 0) is 16.1 Å². The Morgan fingerprint density at radius 2 is 1.84 bits per heavy atom. The second kappa shape index (κ2) is 8.34. The summed E-state index contributed by atoms with van der Waals surface area (Å²) in [5.41, 5.74) is 1.09. The molecule has 0 saturated carbocycles. The lowest BCUT2D eigenvalue weighted by atomic mass is 10.0. The molecule has 0 N–H and O–H groups in total. The van der Waals surface area contributed by atoms with Crippen molar-refractivity contribution < 1.29 is 14.3 Å². The standard InChI is InChI=1S/C19H27N3O3/c1-20(15-16-7-3-2-4-8-16)19(24)22-10-6-5-9-17(22)18(23)21-11-13-25-14-12-21/h2-4,7-8,17H,5-6,9-15H2,1H3/t17-/m1/s1. The molecule has 0 bridgehead atoms. The van der Waals surface area contributed by atoms with Crippen LogP contribution < -0.4 is 0 Å². The first-order valence-corrected chi connectivity index (χ1v) is 9.09. The van der Waals surface area contributed by atoms with Crippen LogP contribution in [0, 0.1) is 0 Å². The van der Waals surface area contributed by atoms with E-state index in [2.05, 4.69) is 0 Å². The third-order valence-electron chi connectivity index (χ3n) is 4.95. The van der Waals surface area contributed by atoms with Crippen molar-refractivity contribution in [3.05, 3.63) is 35.9 Å². The number of rotatable bonds is 3. The van der Waals surface area contributed by atoms with Crippen molar-refractivity contribution >= 4 is 11.9 Å². The zero-order chi connectivity index (χ0) is 17.6. The molecule has 1 atom stereocenters. The Hall–Kier alpha value is -2.08. The molecule has 0 aliphatic carbocycles. The van der Waals surface area contributed by atoms with Crippen LogP contribution in [0.15, 0.2) is 30.3 Å². The van der Waals surface area contributed by atoms with Gasteiger partial charge in [0, 0.05) is 33.2 Å². The number of hydrogen-bond donors (Lipinski definition) is 0. The number of morpholine rings is 1. The van der Waals surface area contributed by atoms with Crippen LogP contribution in [0.1, 0.15) is 24.8 Å². The van der Waals surface area contributed by atoms with Crippen molar-refractivity contribution in [3.8, 4) is 0 Å². The van der Waals surface area contributed by atoms with Gasteiger partial charge in [-0.1, -0.05) is 30.3 Å². The van der Waals surface area contributed by atoms with Crippen LogP contribution in [0.2, 0.25) is 0 Å². The number of benzene rings is 1. The van der Waals surface area contributed by atoms with Crippen LogP contribution in [0.25, 0.3) is 0 Å². The molecule has 2 aliphatic heterocycles. The zero-order valence-corrected chi connectivity index (χ0v) is 14.9. The number of urea groups is 1. The highest BCUT2D eigenvalue weighted by molar-refractivity contribution is 5.87. The van der Waals surface area contributed by atoms with Crippen molar-refractivity contribution in [3.63, 3.8) is 0 Å². The summed E-state index contributed by atoms with van der Waals surface area (Å²) in [4.78, 5) is 31.2. The average Bonchev–Trinajstić information content (AvgIpc) is 2.68. The number of carbonyl (C=O) groups excluding carboxylic acids is 2. The molecule has 1 aromatic carbocycles. The summed E-state index contributed by atoms with van der Waals surface area (Å²) in [7, 11) is 1.81. The lowest BCUT2D eigenvalue weighted by Gasteiger charge is -2.40. The number of amides is 3. The van der Waals surface area contributed by atoms with Gasteiger partial charge in [-0.3, -0.25) is 4.79 Å². The number of hydrogen-bond acceptors (Lipinski definition) is 3. The molecule has 0 radical (unpaired) electrons. The Morgan fingerprint density at radius 3 is 2.56 bits per heavy atom. The van der Waals surface area contributed by atoms with E-state index in [-0.39, 0.29) is 18.0 Å². The monoisotopic (exact) mass is 345 g/mol. The Labute approximate surface area is 149 Å². The van der Waals surface area contributed by atoms with Gasteiger partial charge in [-0.05, 0) is 24.8 Å². The number of piperidine rings is 1. The topological polar surface area (TPSA) is 53.1 Å². The molecule has 6 heteroatoms. The predicted octanol–water partition coefficient (Wildman–Crippen LogP) is 1.95. The Morgan fingerprint density at radius 1 is 1.12 bits per heavy atom. The normalized spacial score (nSPS) is 21.1. The molecule has 2 fully saturated rings. The number of carbonyl (C=O) groups is 2. The lowest BCUT2D eigenvalue weighted by Crippen LogP contribution is -2.57. The predicted molar refractivity (Wildman–Crippen MR) is 95.0 cm³/mol. The fourth-order valence-electron chi connectivity index (χ4n) is 3.56. The number of likely N-dealkylation sites (tertiary alicyclic amines) is 1. The average molecular weight is 345 g/mol. The van der Waals surface area contributed by atoms with Gasteiger partial charge in [0.1, 0.15) is 6.04 Å². The van der Waals surface area contributed by atoms with Crippen molar-refractivity contribution in [2.24, 2.45) is 0 Å². The Bertz CT molecular complexity index is 587. The summed E-state index contributed by atoms with van der Waals surface area (Å²) in [6.45, 7) is 3.61. The molecule has 0 unspecified atom stereocenters. The third kappa shape index (κ3) is 4.31. The van der Waals surface area contributed by atoms with Gasteiger partial charge in [-0.15, -0.1) is 0 Å². The summed E-state index contributed by atoms with van der Waals surface area (Å²) < 4.78 is 5.33. The van der Waals surface area contributed by atoms with E-state index in [4.69, 9.17) is 4.74 Å². The highest BCUT2D eigenvalue weighted by Crippen LogP contribution is 2.21. The maximum atomic E-state index is 13.0. The molecule has 1 aromatic rings. The fourth-order valence-corrected chi connectivity index (χ4v) is 3.56. The molecule has 0 spiro atoms. The van der Waals surface area contributed by atoms with E-state index in [9.17, 15) is 9.59 Å². The maximum absolute atomic E-state index is 13.0. The smallest absolute Gasteiger partial charge is 0.320 e. The Kier molecular flexibility index (Phi) is 5.91. The minimum Gasteiger partial charge on any atom is -0.378 e. The van der Waals surface area contributed by atoms with Gasteiger partial charge in [0.05, 0.1) is 13.2 Å². The molecule has 0 aromatic heterocycles. The fraction of sp³-hybridized carbons (Fsp3) is 0.579. The van der Waals surface area contributed by atoms with Crippen molar-refractivity contribution in [2.45, 2.75) is 31.8 Å². The van der Waals surface area contributed by atoms with Gasteiger partial charge >= 0.3 is 6.03 Å². The van der Waals surface area contributed by atoms with Crippen LogP contribution in [0.4, 0.5) is 4.79 Å². The highest BCUT2D eigenvalue weighted by atomic mass is 16.5. The van der Waals surface area contributed by atoms with Crippen molar-refractivity contribution in [2.75, 3.05) is 39.9 Å². The SMILES string of the molecule is CN(Cc1ccccc1)C(=O)N1CCCC[C@@H]1C(=O)N1CCOCC1. The second-order valence-corrected chi connectivity index (χ2v) is 6.77. The molecular weight excluding hydrogens is 318 g/mol. The quantitative estimate of drug-likeness (QED) is 0.841. The number of ether oxygens (including phenoxy) is 1. The second-order valence-electron chi connectivity index (χ2n) is 6.77. The third-order valence-corrected chi connectivity index (χ3v) is 4.95. The van der Waals surface area contributed by atoms with E-state index in [0.29, 0.717) is 39.4 Å². The summed E-state index contributed by atoms with van der Waals surface area (Å²) >= 11 is 0. The largest absolute Gasteiger partial charge is 0.378 e. The molecular formula is C19H27N3O3. The molecule has 25 heavy (non-hydrogen) atoms. The molecule has 3 amide bonds.